The Morgan fingerprint density at radius 1 is 1.15 bits per heavy atom. The minimum atomic E-state index is -1.85. The summed E-state index contributed by atoms with van der Waals surface area (Å²) in [7, 11) is 1.09. The molecule has 7 nitrogen and oxygen atoms in total. The number of ketones is 1. The van der Waals surface area contributed by atoms with Gasteiger partial charge >= 0.3 is 5.97 Å². The number of hydrogen-bond acceptors (Lipinski definition) is 5. The Balaban J connectivity index is 2.43. The van der Waals surface area contributed by atoms with Gasteiger partial charge < -0.3 is 20.8 Å². The third-order valence-corrected chi connectivity index (χ3v) is 4.11. The monoisotopic (exact) mass is 380 g/mol. The lowest BCUT2D eigenvalue weighted by atomic mass is 9.96. The van der Waals surface area contributed by atoms with Crippen molar-refractivity contribution < 1.29 is 32.6 Å². The summed E-state index contributed by atoms with van der Waals surface area (Å²) in [6, 6.07) is 2.70. The number of carbonyl (C=O) groups excluding carboxylic acids is 1. The number of carboxylic acids is 1. The predicted molar refractivity (Wildman–Crippen MR) is 88.6 cm³/mol. The molecule has 0 radical (unpaired) electrons. The molecule has 2 aromatic rings. The summed E-state index contributed by atoms with van der Waals surface area (Å²) < 4.78 is 44.2. The van der Waals surface area contributed by atoms with Gasteiger partial charge in [-0.25, -0.2) is 18.0 Å². The van der Waals surface area contributed by atoms with E-state index in [0.717, 1.165) is 19.2 Å². The van der Waals surface area contributed by atoms with Gasteiger partial charge in [0.1, 0.15) is 17.7 Å². The van der Waals surface area contributed by atoms with Gasteiger partial charge in [0.2, 0.25) is 11.5 Å². The van der Waals surface area contributed by atoms with Gasteiger partial charge in [-0.3, -0.25) is 9.44 Å². The Kier molecular flexibility index (Phi) is 4.17. The van der Waals surface area contributed by atoms with Crippen molar-refractivity contribution in [3.05, 3.63) is 64.3 Å². The van der Waals surface area contributed by atoms with E-state index >= 15 is 0 Å². The molecule has 0 fully saturated rings. The van der Waals surface area contributed by atoms with Crippen molar-refractivity contribution in [2.24, 2.45) is 0 Å². The summed E-state index contributed by atoms with van der Waals surface area (Å²) in [5.74, 6) is -7.14. The zero-order valence-electron chi connectivity index (χ0n) is 13.6. The Morgan fingerprint density at radius 2 is 1.78 bits per heavy atom. The van der Waals surface area contributed by atoms with Crippen LogP contribution in [-0.2, 0) is 4.79 Å². The summed E-state index contributed by atoms with van der Waals surface area (Å²) in [4.78, 5) is 23.7. The van der Waals surface area contributed by atoms with Gasteiger partial charge in [-0.2, -0.15) is 0 Å². The zero-order chi connectivity index (χ0) is 20.1. The number of ether oxygens (including phenoxy) is 1. The molecule has 1 atom stereocenters. The van der Waals surface area contributed by atoms with E-state index in [1.54, 1.807) is 0 Å². The Morgan fingerprint density at radius 3 is 2.37 bits per heavy atom. The number of anilines is 1. The van der Waals surface area contributed by atoms with Crippen LogP contribution in [0.15, 0.2) is 36.0 Å². The highest BCUT2D eigenvalue weighted by molar-refractivity contribution is 6.27. The van der Waals surface area contributed by atoms with E-state index in [2.05, 4.69) is 0 Å². The highest BCUT2D eigenvalue weighted by Crippen LogP contribution is 2.48. The zero-order valence-corrected chi connectivity index (χ0v) is 13.6. The number of hydrogen-bond donors (Lipinski definition) is 2. The number of halogens is 3. The molecule has 3 N–H and O–H groups in total. The highest BCUT2D eigenvalue weighted by atomic mass is 19.2. The summed E-state index contributed by atoms with van der Waals surface area (Å²) in [6.45, 7) is 0. The predicted octanol–water partition coefficient (Wildman–Crippen LogP) is 3.00. The third-order valence-electron chi connectivity index (χ3n) is 4.11. The molecule has 1 aliphatic heterocycles. The number of fused-ring (bicyclic) bond motifs is 1. The number of hydroxylamine groups is 1. The minimum Gasteiger partial charge on any atom is -0.617 e. The molecule has 0 saturated carbocycles. The first kappa shape index (κ1) is 18.4. The Labute approximate surface area is 149 Å². The number of nitrogens with two attached hydrogens (primary N) is 1. The van der Waals surface area contributed by atoms with Crippen LogP contribution < -0.4 is 15.1 Å². The lowest BCUT2D eigenvalue weighted by Crippen LogP contribution is -2.39. The van der Waals surface area contributed by atoms with Crippen LogP contribution in [0.2, 0.25) is 0 Å². The molecule has 0 amide bonds. The second kappa shape index (κ2) is 6.11. The topological polar surface area (TPSA) is 113 Å². The number of aliphatic carboxylic acids is 1. The summed E-state index contributed by atoms with van der Waals surface area (Å²) in [6.07, 6.45) is 0.486. The number of carboxylic acid groups (broad SMARTS) is 1. The molecular formula is C17H11F3N2O5. The first-order valence-corrected chi connectivity index (χ1v) is 7.34. The van der Waals surface area contributed by atoms with Gasteiger partial charge in [-0.15, -0.1) is 0 Å². The number of carbonyl (C=O) groups is 2. The molecule has 1 unspecified atom stereocenters. The van der Waals surface area contributed by atoms with Crippen molar-refractivity contribution in [2.45, 2.75) is 0 Å². The number of Topliss-reactive ketones (excluding diaryl/α,β-unsaturated/α-hetero) is 1. The number of rotatable bonds is 3. The molecule has 0 saturated heterocycles. The van der Waals surface area contributed by atoms with Crippen molar-refractivity contribution in [1.29, 1.82) is 0 Å². The van der Waals surface area contributed by atoms with Crippen molar-refractivity contribution in [2.75, 3.05) is 12.8 Å². The molecule has 1 aliphatic rings. The van der Waals surface area contributed by atoms with Gasteiger partial charge in [-0.1, -0.05) is 0 Å². The van der Waals surface area contributed by atoms with E-state index in [-0.39, 0.29) is 0 Å². The standard InChI is InChI=1S/C17H11F3N2O5/c1-27-16-12(3-2-9(18)14(16)21)22(26)6-8(17(24)25)15(23)7-4-10(19)11(20)5-13(7)22/h2-6H,21H2,1H3,(H,24,25). The number of quaternary nitrogens is 1. The van der Waals surface area contributed by atoms with Crippen LogP contribution in [-0.4, -0.2) is 24.0 Å². The largest absolute Gasteiger partial charge is 0.617 e. The summed E-state index contributed by atoms with van der Waals surface area (Å²) >= 11 is 0. The molecule has 27 heavy (non-hydrogen) atoms. The van der Waals surface area contributed by atoms with Crippen LogP contribution in [0.4, 0.5) is 30.2 Å². The fourth-order valence-corrected chi connectivity index (χ4v) is 2.84. The molecular weight excluding hydrogens is 369 g/mol. The molecule has 0 spiro atoms. The van der Waals surface area contributed by atoms with E-state index in [1.165, 1.54) is 0 Å². The third kappa shape index (κ3) is 2.62. The van der Waals surface area contributed by atoms with Crippen LogP contribution in [0.25, 0.3) is 0 Å². The summed E-state index contributed by atoms with van der Waals surface area (Å²) in [5, 5.41) is 22.9. The summed E-state index contributed by atoms with van der Waals surface area (Å²) in [5.41, 5.74) is 2.39. The fraction of sp³-hybridized carbons (Fsp3) is 0.0588. The molecule has 0 aromatic heterocycles. The van der Waals surface area contributed by atoms with Gasteiger partial charge in [-0.05, 0) is 12.1 Å². The van der Waals surface area contributed by atoms with Crippen LogP contribution in [0.5, 0.6) is 5.75 Å². The lowest BCUT2D eigenvalue weighted by Gasteiger charge is -2.41. The average Bonchev–Trinajstić information content (AvgIpc) is 2.61. The van der Waals surface area contributed by atoms with Gasteiger partial charge in [0, 0.05) is 12.1 Å². The van der Waals surface area contributed by atoms with Crippen LogP contribution in [0.1, 0.15) is 10.4 Å². The number of methoxy groups -OCH3 is 1. The van der Waals surface area contributed by atoms with Crippen molar-refractivity contribution in [3.8, 4) is 5.75 Å². The fourth-order valence-electron chi connectivity index (χ4n) is 2.84. The molecule has 2 aromatic carbocycles. The van der Waals surface area contributed by atoms with Crippen molar-refractivity contribution >= 4 is 28.8 Å². The van der Waals surface area contributed by atoms with E-state index < -0.39 is 67.8 Å². The van der Waals surface area contributed by atoms with Crippen molar-refractivity contribution in [1.82, 2.24) is 4.65 Å². The van der Waals surface area contributed by atoms with E-state index in [0.29, 0.717) is 18.3 Å². The second-order valence-electron chi connectivity index (χ2n) is 5.63. The maximum atomic E-state index is 13.8. The van der Waals surface area contributed by atoms with Crippen LogP contribution >= 0.6 is 0 Å². The number of benzene rings is 2. The molecule has 0 aliphatic carbocycles. The Bertz CT molecular complexity index is 1040. The number of nitrogen functional groups attached to an aromatic ring is 1. The first-order valence-electron chi connectivity index (χ1n) is 7.34. The molecule has 3 rings (SSSR count). The SMILES string of the molecule is COc1c([N+]2([O-])C=C(C(=O)O)C(=O)c3cc(F)c(F)cc32)ccc(F)c1N. The molecule has 0 bridgehead atoms. The molecule has 10 heteroatoms. The van der Waals surface area contributed by atoms with Crippen LogP contribution in [0, 0.1) is 22.7 Å². The van der Waals surface area contributed by atoms with Crippen LogP contribution in [0.3, 0.4) is 0 Å². The van der Waals surface area contributed by atoms with Gasteiger partial charge in [0.25, 0.3) is 0 Å². The van der Waals surface area contributed by atoms with E-state index in [4.69, 9.17) is 10.5 Å². The second-order valence-corrected chi connectivity index (χ2v) is 5.63. The maximum absolute atomic E-state index is 13.8. The maximum Gasteiger partial charge on any atom is 0.345 e. The smallest absolute Gasteiger partial charge is 0.345 e. The first-order chi connectivity index (χ1) is 12.6. The quantitative estimate of drug-likeness (QED) is 0.366. The molecule has 1 heterocycles. The highest BCUT2D eigenvalue weighted by Gasteiger charge is 2.41. The van der Waals surface area contributed by atoms with E-state index in [9.17, 15) is 33.1 Å². The normalized spacial score (nSPS) is 18.7. The lowest BCUT2D eigenvalue weighted by molar-refractivity contribution is -0.132. The van der Waals surface area contributed by atoms with Crippen molar-refractivity contribution in [3.63, 3.8) is 0 Å². The molecule has 140 valence electrons. The minimum absolute atomic E-state index is 0.421. The number of nitrogens with zero attached hydrogens (tertiary/aromatic N) is 1. The van der Waals surface area contributed by atoms with Gasteiger partial charge in [0.15, 0.2) is 28.6 Å². The van der Waals surface area contributed by atoms with Gasteiger partial charge in [0.05, 0.1) is 12.7 Å². The Hall–Kier alpha value is -3.37. The average molecular weight is 380 g/mol. The van der Waals surface area contributed by atoms with E-state index in [1.807, 2.05) is 0 Å².